The van der Waals surface area contributed by atoms with Gasteiger partial charge in [0.05, 0.1) is 19.8 Å². The van der Waals surface area contributed by atoms with Gasteiger partial charge in [0.15, 0.2) is 6.29 Å². The third kappa shape index (κ3) is 3.63. The molecule has 0 radical (unpaired) electrons. The van der Waals surface area contributed by atoms with Crippen LogP contribution >= 0.6 is 0 Å². The Bertz CT molecular complexity index is 374. The van der Waals surface area contributed by atoms with Gasteiger partial charge in [-0.05, 0) is 52.5 Å². The Morgan fingerprint density at radius 1 is 1.05 bits per heavy atom. The molecule has 3 atom stereocenters. The minimum absolute atomic E-state index is 0.0502. The Kier molecular flexibility index (Phi) is 5.37. The maximum atomic E-state index is 12.7. The van der Waals surface area contributed by atoms with Crippen molar-refractivity contribution in [2.24, 2.45) is 5.92 Å². The average Bonchev–Trinajstić information content (AvgIpc) is 3.01. The van der Waals surface area contributed by atoms with Gasteiger partial charge in [-0.15, -0.1) is 0 Å². The molecule has 3 aliphatic rings. The molecule has 126 valence electrons. The van der Waals surface area contributed by atoms with E-state index in [2.05, 4.69) is 23.6 Å². The molecule has 0 aromatic heterocycles. The number of carbonyl (C=O) groups is 1. The van der Waals surface area contributed by atoms with E-state index >= 15 is 0 Å². The van der Waals surface area contributed by atoms with Crippen LogP contribution in [0.2, 0.25) is 0 Å². The fourth-order valence-electron chi connectivity index (χ4n) is 4.29. The molecule has 0 aromatic carbocycles. The van der Waals surface area contributed by atoms with Crippen molar-refractivity contribution in [2.45, 2.75) is 64.3 Å². The molecule has 5 nitrogen and oxygen atoms in total. The van der Waals surface area contributed by atoms with Crippen LogP contribution in [0.1, 0.15) is 46.0 Å². The molecule has 0 bridgehead atoms. The second-order valence-corrected chi connectivity index (χ2v) is 7.18. The summed E-state index contributed by atoms with van der Waals surface area (Å²) in [5, 5.41) is 0. The fraction of sp³-hybridized carbons (Fsp3) is 0.941. The molecule has 3 aliphatic heterocycles. The number of hydrogen-bond acceptors (Lipinski definition) is 4. The molecule has 3 fully saturated rings. The van der Waals surface area contributed by atoms with Crippen LogP contribution in [0.15, 0.2) is 0 Å². The van der Waals surface area contributed by atoms with Crippen molar-refractivity contribution >= 4 is 5.91 Å². The van der Waals surface area contributed by atoms with Gasteiger partial charge in [0.25, 0.3) is 0 Å². The SMILES string of the molecule is CC1CCCC(C)N1C(=O)CN1CCCC(C2OCCO2)C1. The second kappa shape index (κ2) is 7.28. The second-order valence-electron chi connectivity index (χ2n) is 7.18. The van der Waals surface area contributed by atoms with E-state index in [0.717, 1.165) is 38.8 Å². The quantitative estimate of drug-likeness (QED) is 0.798. The van der Waals surface area contributed by atoms with Crippen molar-refractivity contribution in [1.29, 1.82) is 0 Å². The third-order valence-corrected chi connectivity index (χ3v) is 5.41. The van der Waals surface area contributed by atoms with E-state index in [9.17, 15) is 4.79 Å². The fourth-order valence-corrected chi connectivity index (χ4v) is 4.29. The lowest BCUT2D eigenvalue weighted by molar-refractivity contribution is -0.140. The first kappa shape index (κ1) is 16.2. The number of ether oxygens (including phenoxy) is 2. The highest BCUT2D eigenvalue weighted by Gasteiger charge is 2.34. The topological polar surface area (TPSA) is 42.0 Å². The zero-order chi connectivity index (χ0) is 15.5. The molecule has 1 amide bonds. The van der Waals surface area contributed by atoms with Crippen LogP contribution < -0.4 is 0 Å². The van der Waals surface area contributed by atoms with Crippen LogP contribution in [0.3, 0.4) is 0 Å². The lowest BCUT2D eigenvalue weighted by Gasteiger charge is -2.41. The van der Waals surface area contributed by atoms with E-state index in [0.29, 0.717) is 43.7 Å². The van der Waals surface area contributed by atoms with Crippen molar-refractivity contribution in [1.82, 2.24) is 9.80 Å². The number of piperidine rings is 2. The van der Waals surface area contributed by atoms with E-state index in [1.807, 2.05) is 0 Å². The van der Waals surface area contributed by atoms with Crippen LogP contribution in [-0.2, 0) is 14.3 Å². The van der Waals surface area contributed by atoms with Gasteiger partial charge in [-0.2, -0.15) is 0 Å². The lowest BCUT2D eigenvalue weighted by atomic mass is 9.96. The Labute approximate surface area is 133 Å². The predicted octanol–water partition coefficient (Wildman–Crippen LogP) is 1.86. The van der Waals surface area contributed by atoms with Gasteiger partial charge in [0.2, 0.25) is 5.91 Å². The van der Waals surface area contributed by atoms with Crippen LogP contribution in [0.4, 0.5) is 0 Å². The molecule has 0 N–H and O–H groups in total. The lowest BCUT2D eigenvalue weighted by Crippen LogP contribution is -2.52. The first-order valence-electron chi connectivity index (χ1n) is 8.92. The van der Waals surface area contributed by atoms with Crippen LogP contribution in [0.25, 0.3) is 0 Å². The summed E-state index contributed by atoms with van der Waals surface area (Å²) in [5.74, 6) is 0.717. The van der Waals surface area contributed by atoms with Crippen molar-refractivity contribution in [3.63, 3.8) is 0 Å². The summed E-state index contributed by atoms with van der Waals surface area (Å²) >= 11 is 0. The van der Waals surface area contributed by atoms with Crippen molar-refractivity contribution < 1.29 is 14.3 Å². The van der Waals surface area contributed by atoms with Gasteiger partial charge in [0, 0.05) is 24.5 Å². The first-order chi connectivity index (χ1) is 10.6. The van der Waals surface area contributed by atoms with Gasteiger partial charge < -0.3 is 14.4 Å². The third-order valence-electron chi connectivity index (χ3n) is 5.41. The average molecular weight is 310 g/mol. The summed E-state index contributed by atoms with van der Waals surface area (Å²) in [5.41, 5.74) is 0. The summed E-state index contributed by atoms with van der Waals surface area (Å²) in [6.07, 6.45) is 5.75. The summed E-state index contributed by atoms with van der Waals surface area (Å²) in [6.45, 7) is 8.29. The number of amides is 1. The van der Waals surface area contributed by atoms with Crippen LogP contribution in [-0.4, -0.2) is 66.9 Å². The maximum absolute atomic E-state index is 12.7. The molecular weight excluding hydrogens is 280 g/mol. The van der Waals surface area contributed by atoms with E-state index in [1.165, 1.54) is 6.42 Å². The van der Waals surface area contributed by atoms with Gasteiger partial charge in [-0.25, -0.2) is 0 Å². The van der Waals surface area contributed by atoms with Gasteiger partial charge >= 0.3 is 0 Å². The number of likely N-dealkylation sites (tertiary alicyclic amines) is 2. The normalized spacial score (nSPS) is 35.0. The highest BCUT2D eigenvalue weighted by molar-refractivity contribution is 5.79. The Balaban J connectivity index is 1.54. The van der Waals surface area contributed by atoms with Crippen molar-refractivity contribution in [3.8, 4) is 0 Å². The molecule has 3 saturated heterocycles. The minimum Gasteiger partial charge on any atom is -0.350 e. The van der Waals surface area contributed by atoms with E-state index in [-0.39, 0.29) is 6.29 Å². The van der Waals surface area contributed by atoms with Crippen molar-refractivity contribution in [3.05, 3.63) is 0 Å². The highest BCUT2D eigenvalue weighted by Crippen LogP contribution is 2.26. The maximum Gasteiger partial charge on any atom is 0.237 e. The zero-order valence-electron chi connectivity index (χ0n) is 14.0. The summed E-state index contributed by atoms with van der Waals surface area (Å²) in [4.78, 5) is 17.2. The number of rotatable bonds is 3. The van der Waals surface area contributed by atoms with E-state index in [4.69, 9.17) is 9.47 Å². The smallest absolute Gasteiger partial charge is 0.237 e. The molecule has 22 heavy (non-hydrogen) atoms. The predicted molar refractivity (Wildman–Crippen MR) is 84.5 cm³/mol. The number of hydrogen-bond donors (Lipinski definition) is 0. The summed E-state index contributed by atoms with van der Waals surface area (Å²) < 4.78 is 11.3. The molecule has 3 rings (SSSR count). The van der Waals surface area contributed by atoms with Crippen LogP contribution in [0.5, 0.6) is 0 Å². The minimum atomic E-state index is -0.0502. The molecule has 3 unspecified atom stereocenters. The van der Waals surface area contributed by atoms with Gasteiger partial charge in [0.1, 0.15) is 0 Å². The van der Waals surface area contributed by atoms with Crippen LogP contribution in [0, 0.1) is 5.92 Å². The van der Waals surface area contributed by atoms with E-state index < -0.39 is 0 Å². The number of nitrogens with zero attached hydrogens (tertiary/aromatic N) is 2. The molecule has 0 saturated carbocycles. The number of carbonyl (C=O) groups excluding carboxylic acids is 1. The first-order valence-corrected chi connectivity index (χ1v) is 8.92. The molecule has 0 aliphatic carbocycles. The van der Waals surface area contributed by atoms with E-state index in [1.54, 1.807) is 0 Å². The highest BCUT2D eigenvalue weighted by atomic mass is 16.7. The summed E-state index contributed by atoms with van der Waals surface area (Å²) in [7, 11) is 0. The Morgan fingerprint density at radius 2 is 1.73 bits per heavy atom. The molecule has 0 aromatic rings. The molecular formula is C17H30N2O3. The Hall–Kier alpha value is -0.650. The molecule has 0 spiro atoms. The van der Waals surface area contributed by atoms with Gasteiger partial charge in [-0.1, -0.05) is 0 Å². The molecule has 5 heteroatoms. The standard InChI is InChI=1S/C17H30N2O3/c1-13-5-3-6-14(2)19(13)16(20)12-18-8-4-7-15(11-18)17-21-9-10-22-17/h13-15,17H,3-12H2,1-2H3. The monoisotopic (exact) mass is 310 g/mol. The molecule has 3 heterocycles. The van der Waals surface area contributed by atoms with Crippen molar-refractivity contribution in [2.75, 3.05) is 32.8 Å². The Morgan fingerprint density at radius 3 is 2.41 bits per heavy atom. The largest absolute Gasteiger partial charge is 0.350 e. The summed E-state index contributed by atoms with van der Waals surface area (Å²) in [6, 6.07) is 0.775. The zero-order valence-corrected chi connectivity index (χ0v) is 14.0. The van der Waals surface area contributed by atoms with Gasteiger partial charge in [-0.3, -0.25) is 9.69 Å².